The molecule has 0 spiro atoms. The first-order chi connectivity index (χ1) is 6.16. The van der Waals surface area contributed by atoms with Gasteiger partial charge in [0, 0.05) is 23.1 Å². The van der Waals surface area contributed by atoms with E-state index in [0.717, 1.165) is 29.2 Å². The van der Waals surface area contributed by atoms with Gasteiger partial charge in [-0.3, -0.25) is 0 Å². The standard InChI is InChI=1S/C11H21NS/c1-7-4-8(2)11-10(5-7)12-9(3)6-13-11/h7-12H,4-6H2,1-3H3. The van der Waals surface area contributed by atoms with Crippen molar-refractivity contribution in [2.24, 2.45) is 11.8 Å². The van der Waals surface area contributed by atoms with Crippen molar-refractivity contribution in [3.05, 3.63) is 0 Å². The number of fused-ring (bicyclic) bond motifs is 1. The molecule has 0 aromatic rings. The Kier molecular flexibility index (Phi) is 2.89. The Morgan fingerprint density at radius 3 is 2.69 bits per heavy atom. The number of hydrogen-bond donors (Lipinski definition) is 1. The monoisotopic (exact) mass is 199 g/mol. The summed E-state index contributed by atoms with van der Waals surface area (Å²) < 4.78 is 0. The van der Waals surface area contributed by atoms with E-state index in [0.29, 0.717) is 0 Å². The molecule has 0 aromatic heterocycles. The van der Waals surface area contributed by atoms with E-state index >= 15 is 0 Å². The van der Waals surface area contributed by atoms with E-state index in [1.165, 1.54) is 18.6 Å². The van der Waals surface area contributed by atoms with Crippen LogP contribution < -0.4 is 5.32 Å². The van der Waals surface area contributed by atoms with Gasteiger partial charge in [0.05, 0.1) is 0 Å². The number of thioether (sulfide) groups is 1. The third-order valence-electron chi connectivity index (χ3n) is 3.43. The molecular formula is C11H21NS. The highest BCUT2D eigenvalue weighted by molar-refractivity contribution is 8.00. The topological polar surface area (TPSA) is 12.0 Å². The Morgan fingerprint density at radius 1 is 1.15 bits per heavy atom. The van der Waals surface area contributed by atoms with Gasteiger partial charge in [0.25, 0.3) is 0 Å². The largest absolute Gasteiger partial charge is 0.310 e. The Balaban J connectivity index is 2.02. The number of hydrogen-bond acceptors (Lipinski definition) is 2. The second-order valence-electron chi connectivity index (χ2n) is 5.03. The Bertz CT molecular complexity index is 181. The highest BCUT2D eigenvalue weighted by Crippen LogP contribution is 2.38. The summed E-state index contributed by atoms with van der Waals surface area (Å²) >= 11 is 2.20. The normalized spacial score (nSPS) is 51.5. The average molecular weight is 199 g/mol. The maximum Gasteiger partial charge on any atom is 0.0227 e. The van der Waals surface area contributed by atoms with Gasteiger partial charge in [-0.05, 0) is 31.6 Å². The third-order valence-corrected chi connectivity index (χ3v) is 5.30. The molecule has 1 saturated heterocycles. The summed E-state index contributed by atoms with van der Waals surface area (Å²) in [6.07, 6.45) is 2.83. The molecule has 2 rings (SSSR count). The molecule has 1 N–H and O–H groups in total. The van der Waals surface area contributed by atoms with Crippen LogP contribution in [0.2, 0.25) is 0 Å². The summed E-state index contributed by atoms with van der Waals surface area (Å²) in [6.45, 7) is 7.14. The molecular weight excluding hydrogens is 178 g/mol. The SMILES string of the molecule is CC1CC(C)C2SCC(C)NC2C1. The van der Waals surface area contributed by atoms with E-state index in [2.05, 4.69) is 37.8 Å². The minimum absolute atomic E-state index is 0.726. The Labute approximate surface area is 86.0 Å². The van der Waals surface area contributed by atoms with Crippen LogP contribution in [0, 0.1) is 11.8 Å². The molecule has 2 fully saturated rings. The van der Waals surface area contributed by atoms with Gasteiger partial charge in [0.2, 0.25) is 0 Å². The second-order valence-corrected chi connectivity index (χ2v) is 6.24. The van der Waals surface area contributed by atoms with Crippen molar-refractivity contribution in [1.29, 1.82) is 0 Å². The molecule has 0 amide bonds. The van der Waals surface area contributed by atoms with Gasteiger partial charge in [0.15, 0.2) is 0 Å². The fraction of sp³-hybridized carbons (Fsp3) is 1.00. The van der Waals surface area contributed by atoms with Crippen LogP contribution in [0.25, 0.3) is 0 Å². The van der Waals surface area contributed by atoms with E-state index in [-0.39, 0.29) is 0 Å². The second kappa shape index (κ2) is 3.82. The molecule has 2 aliphatic rings. The molecule has 0 radical (unpaired) electrons. The van der Waals surface area contributed by atoms with Crippen LogP contribution in [-0.4, -0.2) is 23.1 Å². The van der Waals surface area contributed by atoms with Gasteiger partial charge >= 0.3 is 0 Å². The molecule has 2 heteroatoms. The van der Waals surface area contributed by atoms with Crippen molar-refractivity contribution < 1.29 is 0 Å². The minimum atomic E-state index is 0.726. The molecule has 1 heterocycles. The summed E-state index contributed by atoms with van der Waals surface area (Å²) in [5.41, 5.74) is 0. The lowest BCUT2D eigenvalue weighted by Crippen LogP contribution is -2.54. The van der Waals surface area contributed by atoms with Crippen LogP contribution in [0.3, 0.4) is 0 Å². The summed E-state index contributed by atoms with van der Waals surface area (Å²) in [4.78, 5) is 0. The van der Waals surface area contributed by atoms with Crippen molar-refractivity contribution >= 4 is 11.8 Å². The van der Waals surface area contributed by atoms with Gasteiger partial charge < -0.3 is 5.32 Å². The first-order valence-corrected chi connectivity index (χ1v) is 6.59. The van der Waals surface area contributed by atoms with Crippen LogP contribution >= 0.6 is 11.8 Å². The molecule has 1 aliphatic carbocycles. The van der Waals surface area contributed by atoms with Crippen molar-refractivity contribution in [1.82, 2.24) is 5.32 Å². The van der Waals surface area contributed by atoms with E-state index in [9.17, 15) is 0 Å². The quantitative estimate of drug-likeness (QED) is 0.643. The summed E-state index contributed by atoms with van der Waals surface area (Å²) in [6, 6.07) is 1.52. The zero-order valence-electron chi connectivity index (χ0n) is 8.92. The first-order valence-electron chi connectivity index (χ1n) is 5.54. The van der Waals surface area contributed by atoms with E-state index in [1.807, 2.05) is 0 Å². The molecule has 5 unspecified atom stereocenters. The Hall–Kier alpha value is 0.310. The average Bonchev–Trinajstić information content (AvgIpc) is 2.02. The lowest BCUT2D eigenvalue weighted by Gasteiger charge is -2.44. The Morgan fingerprint density at radius 2 is 1.92 bits per heavy atom. The number of nitrogens with one attached hydrogen (secondary N) is 1. The fourth-order valence-corrected chi connectivity index (χ4v) is 4.41. The fourth-order valence-electron chi connectivity index (χ4n) is 2.94. The summed E-state index contributed by atoms with van der Waals surface area (Å²) in [5.74, 6) is 3.15. The lowest BCUT2D eigenvalue weighted by molar-refractivity contribution is 0.234. The van der Waals surface area contributed by atoms with Gasteiger partial charge in [-0.25, -0.2) is 0 Å². The highest BCUT2D eigenvalue weighted by atomic mass is 32.2. The predicted octanol–water partition coefficient (Wildman–Crippen LogP) is 2.51. The summed E-state index contributed by atoms with van der Waals surface area (Å²) in [7, 11) is 0. The van der Waals surface area contributed by atoms with Gasteiger partial charge in [-0.1, -0.05) is 13.8 Å². The molecule has 1 saturated carbocycles. The van der Waals surface area contributed by atoms with Gasteiger partial charge in [0.1, 0.15) is 0 Å². The lowest BCUT2D eigenvalue weighted by atomic mass is 9.79. The van der Waals surface area contributed by atoms with E-state index in [1.54, 1.807) is 0 Å². The van der Waals surface area contributed by atoms with Crippen LogP contribution in [0.15, 0.2) is 0 Å². The zero-order valence-corrected chi connectivity index (χ0v) is 9.73. The maximum atomic E-state index is 3.76. The van der Waals surface area contributed by atoms with Crippen molar-refractivity contribution in [2.75, 3.05) is 5.75 Å². The van der Waals surface area contributed by atoms with Crippen LogP contribution in [-0.2, 0) is 0 Å². The third kappa shape index (κ3) is 2.04. The molecule has 0 aromatic carbocycles. The molecule has 76 valence electrons. The van der Waals surface area contributed by atoms with Crippen LogP contribution in [0.1, 0.15) is 33.6 Å². The van der Waals surface area contributed by atoms with E-state index in [4.69, 9.17) is 0 Å². The zero-order chi connectivity index (χ0) is 9.42. The molecule has 1 aliphatic heterocycles. The van der Waals surface area contributed by atoms with Crippen LogP contribution in [0.4, 0.5) is 0 Å². The molecule has 0 bridgehead atoms. The van der Waals surface area contributed by atoms with E-state index < -0.39 is 0 Å². The predicted molar refractivity (Wildman–Crippen MR) is 60.2 cm³/mol. The smallest absolute Gasteiger partial charge is 0.0227 e. The molecule has 13 heavy (non-hydrogen) atoms. The van der Waals surface area contributed by atoms with Crippen molar-refractivity contribution in [3.63, 3.8) is 0 Å². The van der Waals surface area contributed by atoms with Gasteiger partial charge in [-0.15, -0.1) is 0 Å². The highest BCUT2D eigenvalue weighted by Gasteiger charge is 2.37. The van der Waals surface area contributed by atoms with Crippen LogP contribution in [0.5, 0.6) is 0 Å². The summed E-state index contributed by atoms with van der Waals surface area (Å²) in [5, 5.41) is 4.65. The molecule has 5 atom stereocenters. The van der Waals surface area contributed by atoms with Gasteiger partial charge in [-0.2, -0.15) is 11.8 Å². The maximum absolute atomic E-state index is 3.76. The first kappa shape index (κ1) is 9.85. The van der Waals surface area contributed by atoms with Crippen molar-refractivity contribution in [3.8, 4) is 0 Å². The van der Waals surface area contributed by atoms with Crippen molar-refractivity contribution in [2.45, 2.75) is 50.9 Å². The minimum Gasteiger partial charge on any atom is -0.310 e. The molecule has 1 nitrogen and oxygen atoms in total. The number of rotatable bonds is 0.